The van der Waals surface area contributed by atoms with Gasteiger partial charge in [0.25, 0.3) is 10.0 Å². The number of methoxy groups -OCH3 is 1. The highest BCUT2D eigenvalue weighted by molar-refractivity contribution is 7.92. The number of carbonyl (C=O) groups is 1. The molecule has 1 aliphatic rings. The maximum Gasteiger partial charge on any atom is 0.573 e. The number of fused-ring (bicyclic) bond motifs is 1. The van der Waals surface area contributed by atoms with Crippen LogP contribution < -0.4 is 13.9 Å². The van der Waals surface area contributed by atoms with Crippen molar-refractivity contribution in [1.29, 1.82) is 0 Å². The van der Waals surface area contributed by atoms with Gasteiger partial charge in [-0.15, -0.1) is 13.2 Å². The largest absolute Gasteiger partial charge is 0.573 e. The molecule has 0 spiro atoms. The van der Waals surface area contributed by atoms with E-state index >= 15 is 0 Å². The van der Waals surface area contributed by atoms with Crippen molar-refractivity contribution in [2.75, 3.05) is 30.4 Å². The second-order valence-corrected chi connectivity index (χ2v) is 12.0. The minimum atomic E-state index is -4.86. The summed E-state index contributed by atoms with van der Waals surface area (Å²) >= 11 is 0. The van der Waals surface area contributed by atoms with Gasteiger partial charge in [0.2, 0.25) is 0 Å². The molecule has 1 heterocycles. The zero-order chi connectivity index (χ0) is 30.2. The summed E-state index contributed by atoms with van der Waals surface area (Å²) in [5, 5.41) is 1.75. The first kappa shape index (κ1) is 29.2. The van der Waals surface area contributed by atoms with Crippen LogP contribution in [-0.2, 0) is 21.3 Å². The zero-order valence-corrected chi connectivity index (χ0v) is 23.9. The number of esters is 1. The third-order valence-electron chi connectivity index (χ3n) is 6.97. The Morgan fingerprint density at radius 3 is 2.33 bits per heavy atom. The quantitative estimate of drug-likeness (QED) is 0.210. The summed E-state index contributed by atoms with van der Waals surface area (Å²) in [6.45, 7) is -0.213. The summed E-state index contributed by atoms with van der Waals surface area (Å²) in [5.41, 5.74) is 1.75. The normalized spacial score (nSPS) is 13.6. The topological polar surface area (TPSA) is 89.0 Å². The second-order valence-electron chi connectivity index (χ2n) is 10.1. The predicted octanol–water partition coefficient (Wildman–Crippen LogP) is 6.26. The van der Waals surface area contributed by atoms with Crippen molar-refractivity contribution in [2.24, 2.45) is 0 Å². The van der Waals surface area contributed by atoms with Crippen molar-refractivity contribution in [3.05, 3.63) is 89.6 Å². The molecule has 0 atom stereocenters. The SMILES string of the molecule is COC(=O)c1ccc(S(=O)(=O)N(Cc2ccc(OC(F)(F)F)cc2)c2ncc3ccccc3c2C2CC2)cc1N(C)C. The van der Waals surface area contributed by atoms with Gasteiger partial charge >= 0.3 is 12.3 Å². The number of ether oxygens (including phenoxy) is 2. The highest BCUT2D eigenvalue weighted by Crippen LogP contribution is 2.48. The number of anilines is 2. The van der Waals surface area contributed by atoms with Crippen LogP contribution in [0, 0.1) is 0 Å². The van der Waals surface area contributed by atoms with Crippen LogP contribution in [0.4, 0.5) is 24.7 Å². The number of alkyl halides is 3. The Kier molecular flexibility index (Phi) is 7.76. The smallest absolute Gasteiger partial charge is 0.465 e. The number of halogens is 3. The van der Waals surface area contributed by atoms with Gasteiger partial charge in [-0.05, 0) is 60.0 Å². The summed E-state index contributed by atoms with van der Waals surface area (Å²) in [5.74, 6) is -0.682. The molecule has 1 aliphatic carbocycles. The molecule has 0 unspecified atom stereocenters. The number of sulfonamides is 1. The molecule has 3 aromatic carbocycles. The first-order valence-corrected chi connectivity index (χ1v) is 14.5. The Balaban J connectivity index is 1.66. The molecule has 0 bridgehead atoms. The molecule has 4 aromatic rings. The number of hydrogen-bond donors (Lipinski definition) is 0. The van der Waals surface area contributed by atoms with E-state index in [4.69, 9.17) is 4.74 Å². The van der Waals surface area contributed by atoms with Crippen LogP contribution in [-0.4, -0.2) is 46.9 Å². The molecule has 12 heteroatoms. The van der Waals surface area contributed by atoms with Crippen LogP contribution in [0.3, 0.4) is 0 Å². The number of pyridine rings is 1. The highest BCUT2D eigenvalue weighted by Gasteiger charge is 2.36. The Labute approximate surface area is 241 Å². The summed E-state index contributed by atoms with van der Waals surface area (Å²) in [6.07, 6.45) is -1.49. The lowest BCUT2D eigenvalue weighted by Crippen LogP contribution is -2.32. The van der Waals surface area contributed by atoms with Gasteiger partial charge in [-0.25, -0.2) is 22.5 Å². The molecule has 0 aliphatic heterocycles. The number of benzene rings is 3. The van der Waals surface area contributed by atoms with Crippen LogP contribution >= 0.6 is 0 Å². The second kappa shape index (κ2) is 11.2. The average molecular weight is 600 g/mol. The molecule has 42 heavy (non-hydrogen) atoms. The predicted molar refractivity (Wildman–Crippen MR) is 152 cm³/mol. The van der Waals surface area contributed by atoms with E-state index in [1.54, 1.807) is 25.2 Å². The Morgan fingerprint density at radius 2 is 1.71 bits per heavy atom. The summed E-state index contributed by atoms with van der Waals surface area (Å²) in [7, 11) is 0.282. The molecule has 8 nitrogen and oxygen atoms in total. The van der Waals surface area contributed by atoms with Crippen molar-refractivity contribution in [3.63, 3.8) is 0 Å². The fourth-order valence-corrected chi connectivity index (χ4v) is 6.28. The molecule has 0 saturated heterocycles. The fourth-order valence-electron chi connectivity index (χ4n) is 4.84. The van der Waals surface area contributed by atoms with E-state index in [1.165, 1.54) is 41.7 Å². The lowest BCUT2D eigenvalue weighted by Gasteiger charge is -2.27. The summed E-state index contributed by atoms with van der Waals surface area (Å²) in [6, 6.07) is 16.8. The number of nitrogens with zero attached hydrogens (tertiary/aromatic N) is 3. The molecule has 220 valence electrons. The van der Waals surface area contributed by atoms with Crippen molar-refractivity contribution in [1.82, 2.24) is 4.98 Å². The summed E-state index contributed by atoms with van der Waals surface area (Å²) < 4.78 is 77.0. The number of rotatable bonds is 9. The van der Waals surface area contributed by atoms with Crippen molar-refractivity contribution >= 4 is 38.3 Å². The van der Waals surface area contributed by atoms with Gasteiger partial charge in [-0.3, -0.25) is 0 Å². The monoisotopic (exact) mass is 599 g/mol. The van der Waals surface area contributed by atoms with E-state index in [2.05, 4.69) is 9.72 Å². The van der Waals surface area contributed by atoms with E-state index in [0.717, 1.165) is 41.3 Å². The Hall–Kier alpha value is -4.32. The van der Waals surface area contributed by atoms with Crippen LogP contribution in [0.25, 0.3) is 10.8 Å². The molecule has 0 radical (unpaired) electrons. The maximum atomic E-state index is 14.4. The lowest BCUT2D eigenvalue weighted by molar-refractivity contribution is -0.274. The van der Waals surface area contributed by atoms with E-state index < -0.39 is 28.1 Å². The highest BCUT2D eigenvalue weighted by atomic mass is 32.2. The molecule has 1 aromatic heterocycles. The van der Waals surface area contributed by atoms with E-state index in [0.29, 0.717) is 11.3 Å². The Morgan fingerprint density at radius 1 is 1.02 bits per heavy atom. The minimum Gasteiger partial charge on any atom is -0.465 e. The fraction of sp³-hybridized carbons (Fsp3) is 0.267. The van der Waals surface area contributed by atoms with Crippen LogP contribution in [0.15, 0.2) is 77.8 Å². The van der Waals surface area contributed by atoms with Gasteiger partial charge in [0, 0.05) is 31.2 Å². The molecule has 1 saturated carbocycles. The van der Waals surface area contributed by atoms with Crippen molar-refractivity contribution < 1.29 is 35.9 Å². The first-order valence-electron chi connectivity index (χ1n) is 13.0. The van der Waals surface area contributed by atoms with Gasteiger partial charge in [-0.1, -0.05) is 36.4 Å². The van der Waals surface area contributed by atoms with Crippen LogP contribution in [0.5, 0.6) is 5.75 Å². The molecular formula is C30H28F3N3O5S. The first-order chi connectivity index (χ1) is 19.9. The standard InChI is InChI=1S/C30H28F3N3O5S/c1-35(2)26-16-23(14-15-25(26)29(37)40-3)42(38,39)36(18-19-8-12-22(13-9-19)41-30(31,32)33)28-27(20-10-11-20)24-7-5-4-6-21(24)17-34-28/h4-9,12-17,20H,10-11,18H2,1-3H3. The van der Waals surface area contributed by atoms with E-state index in [9.17, 15) is 26.4 Å². The number of hydrogen-bond acceptors (Lipinski definition) is 7. The third kappa shape index (κ3) is 5.98. The molecule has 0 amide bonds. The number of aromatic nitrogens is 1. The van der Waals surface area contributed by atoms with Crippen molar-refractivity contribution in [3.8, 4) is 5.75 Å². The molecular weight excluding hydrogens is 571 g/mol. The van der Waals surface area contributed by atoms with Crippen molar-refractivity contribution in [2.45, 2.75) is 36.6 Å². The minimum absolute atomic E-state index is 0.0902. The molecule has 1 fully saturated rings. The summed E-state index contributed by atoms with van der Waals surface area (Å²) in [4.78, 5) is 18.5. The van der Waals surface area contributed by atoms with Gasteiger partial charge in [0.1, 0.15) is 11.6 Å². The third-order valence-corrected chi connectivity index (χ3v) is 8.70. The average Bonchev–Trinajstić information content (AvgIpc) is 3.80. The molecule has 0 N–H and O–H groups in total. The lowest BCUT2D eigenvalue weighted by atomic mass is 10.0. The van der Waals surface area contributed by atoms with Gasteiger partial charge in [0.15, 0.2) is 0 Å². The van der Waals surface area contributed by atoms with E-state index in [-0.39, 0.29) is 28.7 Å². The maximum absolute atomic E-state index is 14.4. The number of carbonyl (C=O) groups excluding carboxylic acids is 1. The van der Waals surface area contributed by atoms with Crippen LogP contribution in [0.2, 0.25) is 0 Å². The van der Waals surface area contributed by atoms with E-state index in [1.807, 2.05) is 24.3 Å². The molecule has 5 rings (SSSR count). The van der Waals surface area contributed by atoms with Gasteiger partial charge < -0.3 is 14.4 Å². The van der Waals surface area contributed by atoms with Crippen LogP contribution in [0.1, 0.15) is 40.2 Å². The van der Waals surface area contributed by atoms with Gasteiger partial charge in [-0.2, -0.15) is 0 Å². The zero-order valence-electron chi connectivity index (χ0n) is 23.1. The van der Waals surface area contributed by atoms with Gasteiger partial charge in [0.05, 0.1) is 29.8 Å². The Bertz CT molecular complexity index is 1740.